The van der Waals surface area contributed by atoms with Gasteiger partial charge in [-0.15, -0.1) is 0 Å². The summed E-state index contributed by atoms with van der Waals surface area (Å²) in [6.07, 6.45) is 2.21. The van der Waals surface area contributed by atoms with Crippen molar-refractivity contribution in [2.45, 2.75) is 46.6 Å². The minimum absolute atomic E-state index is 0.0214. The van der Waals surface area contributed by atoms with E-state index < -0.39 is 0 Å². The Morgan fingerprint density at radius 1 is 1.29 bits per heavy atom. The molecule has 0 bridgehead atoms. The van der Waals surface area contributed by atoms with Crippen LogP contribution in [0.1, 0.15) is 40.5 Å². The SMILES string of the molecule is CCC(CC)CNC(=O)[C@H](N)C(C)C. The molecule has 1 atom stereocenters. The highest BCUT2D eigenvalue weighted by atomic mass is 16.2. The average molecular weight is 200 g/mol. The molecule has 0 fully saturated rings. The Labute approximate surface area is 87.4 Å². The van der Waals surface area contributed by atoms with Crippen LogP contribution < -0.4 is 11.1 Å². The molecule has 3 nitrogen and oxygen atoms in total. The fourth-order valence-corrected chi connectivity index (χ4v) is 1.24. The minimum atomic E-state index is -0.371. The van der Waals surface area contributed by atoms with E-state index in [1.165, 1.54) is 0 Å². The predicted octanol–water partition coefficient (Wildman–Crippen LogP) is 1.52. The molecule has 0 spiro atoms. The molecular weight excluding hydrogens is 176 g/mol. The maximum Gasteiger partial charge on any atom is 0.237 e. The van der Waals surface area contributed by atoms with E-state index in [0.717, 1.165) is 19.4 Å². The maximum absolute atomic E-state index is 11.5. The highest BCUT2D eigenvalue weighted by molar-refractivity contribution is 5.81. The van der Waals surface area contributed by atoms with Gasteiger partial charge < -0.3 is 11.1 Å². The van der Waals surface area contributed by atoms with Gasteiger partial charge in [0.25, 0.3) is 0 Å². The molecule has 0 unspecified atom stereocenters. The summed E-state index contributed by atoms with van der Waals surface area (Å²) in [5.74, 6) is 0.766. The molecule has 0 heterocycles. The van der Waals surface area contributed by atoms with Crippen molar-refractivity contribution in [3.8, 4) is 0 Å². The number of hydrogen-bond acceptors (Lipinski definition) is 2. The van der Waals surface area contributed by atoms with Gasteiger partial charge in [-0.3, -0.25) is 4.79 Å². The lowest BCUT2D eigenvalue weighted by Gasteiger charge is -2.18. The Kier molecular flexibility index (Phi) is 6.54. The first-order chi connectivity index (χ1) is 6.52. The second kappa shape index (κ2) is 6.82. The highest BCUT2D eigenvalue weighted by Crippen LogP contribution is 2.05. The summed E-state index contributed by atoms with van der Waals surface area (Å²) in [4.78, 5) is 11.5. The number of amides is 1. The van der Waals surface area contributed by atoms with Gasteiger partial charge in [0.05, 0.1) is 6.04 Å². The van der Waals surface area contributed by atoms with Crippen LogP contribution >= 0.6 is 0 Å². The Morgan fingerprint density at radius 2 is 1.79 bits per heavy atom. The van der Waals surface area contributed by atoms with Crippen LogP contribution in [0.5, 0.6) is 0 Å². The zero-order valence-corrected chi connectivity index (χ0v) is 9.84. The van der Waals surface area contributed by atoms with Crippen molar-refractivity contribution in [2.75, 3.05) is 6.54 Å². The normalized spacial score (nSPS) is 13.4. The minimum Gasteiger partial charge on any atom is -0.354 e. The van der Waals surface area contributed by atoms with Gasteiger partial charge in [-0.25, -0.2) is 0 Å². The van der Waals surface area contributed by atoms with Crippen molar-refractivity contribution in [1.29, 1.82) is 0 Å². The van der Waals surface area contributed by atoms with Gasteiger partial charge in [-0.05, 0) is 11.8 Å². The standard InChI is InChI=1S/C11H24N2O/c1-5-9(6-2)7-13-11(14)10(12)8(3)4/h8-10H,5-7,12H2,1-4H3,(H,13,14)/t10-/m1/s1. The quantitative estimate of drug-likeness (QED) is 0.683. The highest BCUT2D eigenvalue weighted by Gasteiger charge is 2.17. The molecule has 0 rings (SSSR count). The van der Waals surface area contributed by atoms with Crippen LogP contribution in [0.15, 0.2) is 0 Å². The molecular formula is C11H24N2O. The number of carbonyl (C=O) groups is 1. The van der Waals surface area contributed by atoms with E-state index in [-0.39, 0.29) is 17.9 Å². The molecule has 0 saturated heterocycles. The Morgan fingerprint density at radius 3 is 2.14 bits per heavy atom. The first-order valence-electron chi connectivity index (χ1n) is 5.56. The number of hydrogen-bond donors (Lipinski definition) is 2. The summed E-state index contributed by atoms with van der Waals surface area (Å²) < 4.78 is 0. The molecule has 0 aliphatic rings. The molecule has 84 valence electrons. The smallest absolute Gasteiger partial charge is 0.237 e. The Balaban J connectivity index is 3.83. The van der Waals surface area contributed by atoms with Gasteiger partial charge in [0.1, 0.15) is 0 Å². The van der Waals surface area contributed by atoms with Crippen molar-refractivity contribution in [3.05, 3.63) is 0 Å². The summed E-state index contributed by atoms with van der Waals surface area (Å²) in [5.41, 5.74) is 5.72. The molecule has 0 aromatic heterocycles. The van der Waals surface area contributed by atoms with Crippen LogP contribution in [0, 0.1) is 11.8 Å². The van der Waals surface area contributed by atoms with Crippen LogP contribution in [0.4, 0.5) is 0 Å². The molecule has 0 radical (unpaired) electrons. The van der Waals surface area contributed by atoms with Crippen molar-refractivity contribution in [3.63, 3.8) is 0 Å². The van der Waals surface area contributed by atoms with Gasteiger partial charge in [-0.2, -0.15) is 0 Å². The van der Waals surface area contributed by atoms with Crippen LogP contribution in [-0.4, -0.2) is 18.5 Å². The topological polar surface area (TPSA) is 55.1 Å². The molecule has 0 saturated carbocycles. The number of rotatable bonds is 6. The lowest BCUT2D eigenvalue weighted by Crippen LogP contribution is -2.45. The zero-order chi connectivity index (χ0) is 11.1. The molecule has 0 aliphatic carbocycles. The van der Waals surface area contributed by atoms with Crippen molar-refractivity contribution in [2.24, 2.45) is 17.6 Å². The fourth-order valence-electron chi connectivity index (χ4n) is 1.24. The number of carbonyl (C=O) groups excluding carboxylic acids is 1. The monoisotopic (exact) mass is 200 g/mol. The maximum atomic E-state index is 11.5. The third-order valence-corrected chi connectivity index (χ3v) is 2.74. The second-order valence-corrected chi connectivity index (χ2v) is 4.20. The number of nitrogens with two attached hydrogens (primary N) is 1. The van der Waals surface area contributed by atoms with Gasteiger partial charge >= 0.3 is 0 Å². The van der Waals surface area contributed by atoms with Gasteiger partial charge in [0, 0.05) is 6.54 Å². The van der Waals surface area contributed by atoms with E-state index in [2.05, 4.69) is 19.2 Å². The predicted molar refractivity (Wildman–Crippen MR) is 59.9 cm³/mol. The van der Waals surface area contributed by atoms with E-state index in [1.807, 2.05) is 13.8 Å². The molecule has 0 aromatic carbocycles. The third kappa shape index (κ3) is 4.61. The molecule has 14 heavy (non-hydrogen) atoms. The second-order valence-electron chi connectivity index (χ2n) is 4.20. The van der Waals surface area contributed by atoms with E-state index in [1.54, 1.807) is 0 Å². The van der Waals surface area contributed by atoms with Gasteiger partial charge in [0.15, 0.2) is 0 Å². The van der Waals surface area contributed by atoms with Crippen LogP contribution in [0.25, 0.3) is 0 Å². The molecule has 3 N–H and O–H groups in total. The summed E-state index contributed by atoms with van der Waals surface area (Å²) in [6.45, 7) is 8.96. The zero-order valence-electron chi connectivity index (χ0n) is 9.84. The van der Waals surface area contributed by atoms with Crippen molar-refractivity contribution in [1.82, 2.24) is 5.32 Å². The summed E-state index contributed by atoms with van der Waals surface area (Å²) in [6, 6.07) is -0.371. The van der Waals surface area contributed by atoms with E-state index >= 15 is 0 Å². The Bertz CT molecular complexity index is 165. The summed E-state index contributed by atoms with van der Waals surface area (Å²) in [5, 5.41) is 2.90. The average Bonchev–Trinajstić information content (AvgIpc) is 2.17. The first kappa shape index (κ1) is 13.4. The van der Waals surface area contributed by atoms with Crippen molar-refractivity contribution >= 4 is 5.91 Å². The van der Waals surface area contributed by atoms with Crippen LogP contribution in [0.3, 0.4) is 0 Å². The van der Waals surface area contributed by atoms with Crippen LogP contribution in [0.2, 0.25) is 0 Å². The molecule has 1 amide bonds. The van der Waals surface area contributed by atoms with Gasteiger partial charge in [0.2, 0.25) is 5.91 Å². The van der Waals surface area contributed by atoms with Crippen LogP contribution in [-0.2, 0) is 4.79 Å². The van der Waals surface area contributed by atoms with Crippen molar-refractivity contribution < 1.29 is 4.79 Å². The summed E-state index contributed by atoms with van der Waals surface area (Å²) >= 11 is 0. The molecule has 0 aromatic rings. The first-order valence-corrected chi connectivity index (χ1v) is 5.56. The van der Waals surface area contributed by atoms with E-state index in [9.17, 15) is 4.79 Å². The largest absolute Gasteiger partial charge is 0.354 e. The lowest BCUT2D eigenvalue weighted by atomic mass is 10.0. The molecule has 3 heteroatoms. The van der Waals surface area contributed by atoms with E-state index in [4.69, 9.17) is 5.73 Å². The Hall–Kier alpha value is -0.570. The lowest BCUT2D eigenvalue weighted by molar-refractivity contribution is -0.123. The fraction of sp³-hybridized carbons (Fsp3) is 0.909. The van der Waals surface area contributed by atoms with E-state index in [0.29, 0.717) is 5.92 Å². The third-order valence-electron chi connectivity index (χ3n) is 2.74. The number of nitrogens with one attached hydrogen (secondary N) is 1. The molecule has 0 aliphatic heterocycles. The summed E-state index contributed by atoms with van der Waals surface area (Å²) in [7, 11) is 0. The van der Waals surface area contributed by atoms with Gasteiger partial charge in [-0.1, -0.05) is 40.5 Å².